The number of thiazole rings is 1. The van der Waals surface area contributed by atoms with Crippen LogP contribution in [0.4, 0.5) is 5.82 Å². The van der Waals surface area contributed by atoms with Gasteiger partial charge >= 0.3 is 5.82 Å². The summed E-state index contributed by atoms with van der Waals surface area (Å²) in [7, 11) is 0. The van der Waals surface area contributed by atoms with Crippen molar-refractivity contribution >= 4 is 17.2 Å². The van der Waals surface area contributed by atoms with Crippen LogP contribution in [0.25, 0.3) is 0 Å². The first-order valence-electron chi connectivity index (χ1n) is 1.76. The molecule has 0 saturated heterocycles. The van der Waals surface area contributed by atoms with Crippen molar-refractivity contribution < 1.29 is 4.92 Å². The molecule has 0 amide bonds. The lowest BCUT2D eigenvalue weighted by atomic mass is 10.8. The topological polar surface area (TPSA) is 56.0 Å². The van der Waals surface area contributed by atoms with E-state index in [0.717, 1.165) is 11.3 Å². The van der Waals surface area contributed by atoms with Gasteiger partial charge in [-0.25, -0.2) is 0 Å². The van der Waals surface area contributed by atoms with E-state index in [9.17, 15) is 10.1 Å². The summed E-state index contributed by atoms with van der Waals surface area (Å²) in [5, 5.41) is 12.1. The van der Waals surface area contributed by atoms with Crippen molar-refractivity contribution in [3.05, 3.63) is 21.0 Å². The fourth-order valence-corrected chi connectivity index (χ4v) is 0.704. The summed E-state index contributed by atoms with van der Waals surface area (Å²) in [6.45, 7) is 0. The minimum absolute atomic E-state index is 0.199. The third-order valence-electron chi connectivity index (χ3n) is 0.551. The molecule has 1 aromatic rings. The first-order chi connectivity index (χ1) is 3.80. The van der Waals surface area contributed by atoms with Crippen LogP contribution >= 0.6 is 11.3 Å². The Kier molecular flexibility index (Phi) is 1.21. The number of aromatic nitrogens is 1. The van der Waals surface area contributed by atoms with Gasteiger partial charge in [0.15, 0.2) is 10.9 Å². The third kappa shape index (κ3) is 0.812. The van der Waals surface area contributed by atoms with Crippen molar-refractivity contribution in [2.45, 2.75) is 0 Å². The monoisotopic (exact) mass is 129 g/mol. The van der Waals surface area contributed by atoms with Crippen LogP contribution in [0.15, 0.2) is 5.51 Å². The smallest absolute Gasteiger partial charge is 0.358 e. The Labute approximate surface area is 48.9 Å². The van der Waals surface area contributed by atoms with E-state index in [1.54, 1.807) is 0 Å². The SMILES string of the molecule is O=[N+]([O-])c1[c]scn1. The van der Waals surface area contributed by atoms with Crippen LogP contribution in [0.1, 0.15) is 0 Å². The van der Waals surface area contributed by atoms with Crippen LogP contribution in [-0.4, -0.2) is 9.91 Å². The highest BCUT2D eigenvalue weighted by Crippen LogP contribution is 2.06. The average Bonchev–Trinajstić information content (AvgIpc) is 2.12. The van der Waals surface area contributed by atoms with Crippen molar-refractivity contribution in [3.63, 3.8) is 0 Å². The van der Waals surface area contributed by atoms with Gasteiger partial charge in [0.05, 0.1) is 0 Å². The Morgan fingerprint density at radius 1 is 2.00 bits per heavy atom. The van der Waals surface area contributed by atoms with Gasteiger partial charge in [0.25, 0.3) is 0 Å². The highest BCUT2D eigenvalue weighted by Gasteiger charge is 2.04. The molecule has 4 nitrogen and oxygen atoms in total. The summed E-state index contributed by atoms with van der Waals surface area (Å²) in [5.74, 6) is -0.199. The Morgan fingerprint density at radius 3 is 3.00 bits per heavy atom. The Morgan fingerprint density at radius 2 is 2.75 bits per heavy atom. The van der Waals surface area contributed by atoms with Gasteiger partial charge in [0.1, 0.15) is 0 Å². The van der Waals surface area contributed by atoms with Gasteiger partial charge in [-0.1, -0.05) is 11.3 Å². The Bertz CT molecular complexity index is 183. The summed E-state index contributed by atoms with van der Waals surface area (Å²) in [5.41, 5.74) is 1.37. The van der Waals surface area contributed by atoms with Gasteiger partial charge in [0.2, 0.25) is 0 Å². The van der Waals surface area contributed by atoms with Crippen molar-refractivity contribution in [2.75, 3.05) is 0 Å². The van der Waals surface area contributed by atoms with E-state index in [2.05, 4.69) is 10.4 Å². The molecule has 0 atom stereocenters. The van der Waals surface area contributed by atoms with Crippen LogP contribution in [-0.2, 0) is 0 Å². The highest BCUT2D eigenvalue weighted by molar-refractivity contribution is 7.07. The molecule has 0 aliphatic rings. The molecule has 1 heterocycles. The first kappa shape index (κ1) is 5.17. The predicted molar refractivity (Wildman–Crippen MR) is 27.6 cm³/mol. The summed E-state index contributed by atoms with van der Waals surface area (Å²) in [6.07, 6.45) is 0. The number of hydrogen-bond acceptors (Lipinski definition) is 4. The second kappa shape index (κ2) is 1.87. The fourth-order valence-electron chi connectivity index (χ4n) is 0.266. The van der Waals surface area contributed by atoms with E-state index in [0.29, 0.717) is 0 Å². The summed E-state index contributed by atoms with van der Waals surface area (Å²) >= 11 is 1.09. The molecule has 0 aliphatic carbocycles. The van der Waals surface area contributed by atoms with Crippen molar-refractivity contribution in [1.82, 2.24) is 4.98 Å². The van der Waals surface area contributed by atoms with Gasteiger partial charge in [-0.05, 0) is 9.91 Å². The minimum Gasteiger partial charge on any atom is -0.358 e. The lowest BCUT2D eigenvalue weighted by Crippen LogP contribution is -1.85. The number of nitro groups is 1. The minimum atomic E-state index is -0.573. The first-order valence-corrected chi connectivity index (χ1v) is 2.64. The lowest BCUT2D eigenvalue weighted by Gasteiger charge is -1.80. The largest absolute Gasteiger partial charge is 0.383 e. The molecule has 1 aromatic heterocycles. The van der Waals surface area contributed by atoms with Crippen molar-refractivity contribution in [2.24, 2.45) is 0 Å². The zero-order chi connectivity index (χ0) is 5.98. The molecule has 1 radical (unpaired) electrons. The van der Waals surface area contributed by atoms with Crippen molar-refractivity contribution in [1.29, 1.82) is 0 Å². The standard InChI is InChI=1S/C3HN2O2S/c6-5(7)3-1-8-2-4-3/h2H. The lowest BCUT2D eigenvalue weighted by molar-refractivity contribution is -0.389. The Hall–Kier alpha value is -0.970. The molecule has 0 aromatic carbocycles. The molecule has 0 unspecified atom stereocenters. The number of rotatable bonds is 1. The molecule has 5 heteroatoms. The Balaban J connectivity index is 2.93. The predicted octanol–water partition coefficient (Wildman–Crippen LogP) is 0.851. The van der Waals surface area contributed by atoms with Crippen LogP contribution in [0, 0.1) is 15.5 Å². The van der Waals surface area contributed by atoms with Crippen molar-refractivity contribution in [3.8, 4) is 0 Å². The molecule has 0 spiro atoms. The molecule has 41 valence electrons. The van der Waals surface area contributed by atoms with Crippen LogP contribution in [0.3, 0.4) is 0 Å². The maximum atomic E-state index is 9.78. The normalized spacial score (nSPS) is 9.00. The van der Waals surface area contributed by atoms with Crippen LogP contribution in [0.2, 0.25) is 0 Å². The van der Waals surface area contributed by atoms with Gasteiger partial charge in [0, 0.05) is 0 Å². The maximum absolute atomic E-state index is 9.78. The zero-order valence-corrected chi connectivity index (χ0v) is 4.51. The van der Waals surface area contributed by atoms with Gasteiger partial charge in [-0.2, -0.15) is 0 Å². The quantitative estimate of drug-likeness (QED) is 0.417. The molecule has 0 N–H and O–H groups in total. The number of hydrogen-bond donors (Lipinski definition) is 0. The number of nitrogens with zero attached hydrogens (tertiary/aromatic N) is 2. The average molecular weight is 129 g/mol. The van der Waals surface area contributed by atoms with E-state index < -0.39 is 4.92 Å². The van der Waals surface area contributed by atoms with E-state index in [-0.39, 0.29) is 5.82 Å². The molecule has 8 heavy (non-hydrogen) atoms. The third-order valence-corrected chi connectivity index (χ3v) is 1.06. The van der Waals surface area contributed by atoms with Crippen LogP contribution in [0.5, 0.6) is 0 Å². The van der Waals surface area contributed by atoms with E-state index in [4.69, 9.17) is 0 Å². The summed E-state index contributed by atoms with van der Waals surface area (Å²) < 4.78 is 0. The van der Waals surface area contributed by atoms with E-state index in [1.807, 2.05) is 0 Å². The van der Waals surface area contributed by atoms with Crippen LogP contribution < -0.4 is 0 Å². The second-order valence-corrected chi connectivity index (χ2v) is 1.69. The zero-order valence-electron chi connectivity index (χ0n) is 3.70. The molecule has 0 aliphatic heterocycles. The summed E-state index contributed by atoms with van der Waals surface area (Å²) in [4.78, 5) is 12.6. The van der Waals surface area contributed by atoms with E-state index >= 15 is 0 Å². The van der Waals surface area contributed by atoms with E-state index in [1.165, 1.54) is 5.51 Å². The fraction of sp³-hybridized carbons (Fsp3) is 0. The molecular formula is C3HN2O2S. The molecule has 0 bridgehead atoms. The molecule has 0 saturated carbocycles. The molecule has 1 rings (SSSR count). The van der Waals surface area contributed by atoms with Gasteiger partial charge < -0.3 is 10.1 Å². The second-order valence-electron chi connectivity index (χ2n) is 1.04. The maximum Gasteiger partial charge on any atom is 0.383 e. The van der Waals surface area contributed by atoms with Gasteiger partial charge in [-0.15, -0.1) is 0 Å². The molecule has 0 fully saturated rings. The van der Waals surface area contributed by atoms with Gasteiger partial charge in [-0.3, -0.25) is 0 Å². The molecular weight excluding hydrogens is 128 g/mol. The highest BCUT2D eigenvalue weighted by atomic mass is 32.1. The summed E-state index contributed by atoms with van der Waals surface area (Å²) in [6, 6.07) is 0.